The van der Waals surface area contributed by atoms with Crippen LogP contribution in [0.25, 0.3) is 0 Å². The van der Waals surface area contributed by atoms with Crippen LogP contribution in [0.4, 0.5) is 5.69 Å². The van der Waals surface area contributed by atoms with E-state index in [1.165, 1.54) is 36.4 Å². The van der Waals surface area contributed by atoms with Crippen molar-refractivity contribution < 1.29 is 27.5 Å². The van der Waals surface area contributed by atoms with Gasteiger partial charge in [-0.1, -0.05) is 12.1 Å². The van der Waals surface area contributed by atoms with Gasteiger partial charge in [0, 0.05) is 36.5 Å². The zero-order chi connectivity index (χ0) is 24.1. The minimum absolute atomic E-state index is 0.0394. The Balaban J connectivity index is 1.39. The third-order valence-corrected chi connectivity index (χ3v) is 6.47. The Morgan fingerprint density at radius 3 is 2.32 bits per heavy atom. The smallest absolute Gasteiger partial charge is 0.262 e. The van der Waals surface area contributed by atoms with Gasteiger partial charge in [0.2, 0.25) is 0 Å². The molecular weight excluding hydrogens is 458 g/mol. The lowest BCUT2D eigenvalue weighted by molar-refractivity contribution is 0.0948. The lowest BCUT2D eigenvalue weighted by atomic mass is 10.1. The molecular formula is C24H23N3O6S. The van der Waals surface area contributed by atoms with E-state index in [9.17, 15) is 18.0 Å². The number of rotatable bonds is 7. The van der Waals surface area contributed by atoms with Crippen molar-refractivity contribution >= 4 is 27.5 Å². The average Bonchev–Trinajstić information content (AvgIpc) is 2.87. The van der Waals surface area contributed by atoms with E-state index in [-0.39, 0.29) is 23.3 Å². The number of nitrogens with one attached hydrogen (secondary N) is 3. The predicted molar refractivity (Wildman–Crippen MR) is 126 cm³/mol. The molecule has 3 aromatic rings. The summed E-state index contributed by atoms with van der Waals surface area (Å²) in [6.07, 6.45) is 0. The van der Waals surface area contributed by atoms with Gasteiger partial charge in [-0.3, -0.25) is 14.3 Å². The Morgan fingerprint density at radius 2 is 1.59 bits per heavy atom. The topological polar surface area (TPSA) is 123 Å². The second kappa shape index (κ2) is 9.84. The van der Waals surface area contributed by atoms with Gasteiger partial charge in [0.1, 0.15) is 13.2 Å². The zero-order valence-corrected chi connectivity index (χ0v) is 19.1. The van der Waals surface area contributed by atoms with Crippen molar-refractivity contribution in [2.45, 2.75) is 11.4 Å². The summed E-state index contributed by atoms with van der Waals surface area (Å²) in [6.45, 7) is 1.01. The first-order valence-corrected chi connectivity index (χ1v) is 12.0. The molecule has 2 amide bonds. The van der Waals surface area contributed by atoms with Crippen LogP contribution in [-0.4, -0.2) is 40.5 Å². The van der Waals surface area contributed by atoms with E-state index < -0.39 is 10.0 Å². The van der Waals surface area contributed by atoms with Crippen molar-refractivity contribution in [3.63, 3.8) is 0 Å². The maximum Gasteiger partial charge on any atom is 0.262 e. The Bertz CT molecular complexity index is 1320. The monoisotopic (exact) mass is 481 g/mol. The van der Waals surface area contributed by atoms with Gasteiger partial charge in [-0.2, -0.15) is 0 Å². The Morgan fingerprint density at radius 1 is 0.853 bits per heavy atom. The van der Waals surface area contributed by atoms with Crippen molar-refractivity contribution in [1.82, 2.24) is 10.6 Å². The Hall–Kier alpha value is -4.05. The molecule has 4 rings (SSSR count). The molecule has 0 aromatic heterocycles. The highest BCUT2D eigenvalue weighted by Crippen LogP contribution is 2.32. The molecule has 0 fully saturated rings. The molecule has 176 valence electrons. The molecule has 10 heteroatoms. The number of sulfonamides is 1. The molecule has 0 aliphatic carbocycles. The highest BCUT2D eigenvalue weighted by Gasteiger charge is 2.19. The third-order valence-electron chi connectivity index (χ3n) is 5.09. The van der Waals surface area contributed by atoms with Crippen molar-refractivity contribution in [3.05, 3.63) is 83.4 Å². The number of hydrogen-bond donors (Lipinski definition) is 3. The molecule has 1 aliphatic heterocycles. The van der Waals surface area contributed by atoms with Crippen LogP contribution in [0.1, 0.15) is 26.3 Å². The van der Waals surface area contributed by atoms with Crippen molar-refractivity contribution in [2.24, 2.45) is 0 Å². The number of carbonyl (C=O) groups is 2. The standard InChI is InChI=1S/C24H23N3O6S/c1-25-23(28)18-4-2-3-16(13-18)15-26-24(29)17-5-7-19(8-6-17)27-34(30,31)20-9-10-21-22(14-20)33-12-11-32-21/h2-10,13-14,27H,11-12,15H2,1H3,(H,25,28)(H,26,29). The molecule has 0 unspecified atom stereocenters. The number of carbonyl (C=O) groups excluding carboxylic acids is 2. The SMILES string of the molecule is CNC(=O)c1cccc(CNC(=O)c2ccc(NS(=O)(=O)c3ccc4c(c3)OCCO4)cc2)c1. The lowest BCUT2D eigenvalue weighted by Crippen LogP contribution is -2.23. The molecule has 0 saturated heterocycles. The normalized spacial score (nSPS) is 12.5. The maximum atomic E-state index is 12.7. The average molecular weight is 482 g/mol. The lowest BCUT2D eigenvalue weighted by Gasteiger charge is -2.19. The zero-order valence-electron chi connectivity index (χ0n) is 18.3. The molecule has 3 N–H and O–H groups in total. The van der Waals surface area contributed by atoms with Gasteiger partial charge in [-0.15, -0.1) is 0 Å². The molecule has 34 heavy (non-hydrogen) atoms. The predicted octanol–water partition coefficient (Wildman–Crippen LogP) is 2.55. The van der Waals surface area contributed by atoms with Crippen LogP contribution in [0.5, 0.6) is 11.5 Å². The molecule has 0 saturated carbocycles. The summed E-state index contributed by atoms with van der Waals surface area (Å²) in [7, 11) is -2.31. The summed E-state index contributed by atoms with van der Waals surface area (Å²) in [6, 6.07) is 17.4. The molecule has 0 spiro atoms. The van der Waals surface area contributed by atoms with Crippen LogP contribution in [0, 0.1) is 0 Å². The first-order valence-electron chi connectivity index (χ1n) is 10.5. The number of anilines is 1. The first kappa shape index (κ1) is 23.1. The molecule has 1 aliphatic rings. The van der Waals surface area contributed by atoms with Gasteiger partial charge < -0.3 is 20.1 Å². The van der Waals surface area contributed by atoms with E-state index in [0.29, 0.717) is 41.5 Å². The van der Waals surface area contributed by atoms with E-state index in [1.54, 1.807) is 31.3 Å². The van der Waals surface area contributed by atoms with Gasteiger partial charge in [0.25, 0.3) is 21.8 Å². The minimum Gasteiger partial charge on any atom is -0.486 e. The number of amides is 2. The molecule has 0 bridgehead atoms. The summed E-state index contributed by atoms with van der Waals surface area (Å²) < 4.78 is 38.9. The number of ether oxygens (including phenoxy) is 2. The summed E-state index contributed by atoms with van der Waals surface area (Å²) in [4.78, 5) is 24.3. The maximum absolute atomic E-state index is 12.7. The molecule has 0 radical (unpaired) electrons. The van der Waals surface area contributed by atoms with Crippen LogP contribution >= 0.6 is 0 Å². The Labute approximate surface area is 197 Å². The van der Waals surface area contributed by atoms with Crippen LogP contribution in [-0.2, 0) is 16.6 Å². The molecule has 3 aromatic carbocycles. The van der Waals surface area contributed by atoms with Crippen molar-refractivity contribution in [1.29, 1.82) is 0 Å². The summed E-state index contributed by atoms with van der Waals surface area (Å²) in [5.41, 5.74) is 1.96. The fourth-order valence-corrected chi connectivity index (χ4v) is 4.42. The van der Waals surface area contributed by atoms with Crippen LogP contribution < -0.4 is 24.8 Å². The van der Waals surface area contributed by atoms with Gasteiger partial charge in [0.05, 0.1) is 4.90 Å². The van der Waals surface area contributed by atoms with Gasteiger partial charge in [0.15, 0.2) is 11.5 Å². The molecule has 9 nitrogen and oxygen atoms in total. The van der Waals surface area contributed by atoms with Gasteiger partial charge in [-0.25, -0.2) is 8.42 Å². The van der Waals surface area contributed by atoms with Gasteiger partial charge >= 0.3 is 0 Å². The summed E-state index contributed by atoms with van der Waals surface area (Å²) in [5.74, 6) is 0.344. The molecule has 0 atom stereocenters. The van der Waals surface area contributed by atoms with Crippen molar-refractivity contribution in [2.75, 3.05) is 25.0 Å². The summed E-state index contributed by atoms with van der Waals surface area (Å²) in [5, 5.41) is 5.34. The van der Waals surface area contributed by atoms with E-state index in [4.69, 9.17) is 9.47 Å². The van der Waals surface area contributed by atoms with E-state index in [0.717, 1.165) is 5.56 Å². The quantitative estimate of drug-likeness (QED) is 0.477. The highest BCUT2D eigenvalue weighted by atomic mass is 32.2. The van der Waals surface area contributed by atoms with Gasteiger partial charge in [-0.05, 0) is 54.1 Å². The van der Waals surface area contributed by atoms with Crippen molar-refractivity contribution in [3.8, 4) is 11.5 Å². The van der Waals surface area contributed by atoms with E-state index in [1.807, 2.05) is 6.07 Å². The summed E-state index contributed by atoms with van der Waals surface area (Å²) >= 11 is 0. The number of hydrogen-bond acceptors (Lipinski definition) is 6. The van der Waals surface area contributed by atoms with E-state index in [2.05, 4.69) is 15.4 Å². The largest absolute Gasteiger partial charge is 0.486 e. The second-order valence-electron chi connectivity index (χ2n) is 7.45. The molecule has 1 heterocycles. The number of benzene rings is 3. The third kappa shape index (κ3) is 5.29. The number of fused-ring (bicyclic) bond motifs is 1. The Kier molecular flexibility index (Phi) is 6.69. The van der Waals surface area contributed by atoms with E-state index >= 15 is 0 Å². The first-order chi connectivity index (χ1) is 16.4. The highest BCUT2D eigenvalue weighted by molar-refractivity contribution is 7.92. The fraction of sp³-hybridized carbons (Fsp3) is 0.167. The van der Waals surface area contributed by atoms with Crippen LogP contribution in [0.2, 0.25) is 0 Å². The second-order valence-corrected chi connectivity index (χ2v) is 9.13. The van der Waals surface area contributed by atoms with Crippen LogP contribution in [0.15, 0.2) is 71.6 Å². The fourth-order valence-electron chi connectivity index (χ4n) is 3.35. The van der Waals surface area contributed by atoms with Crippen LogP contribution in [0.3, 0.4) is 0 Å². The minimum atomic E-state index is -3.86.